The van der Waals surface area contributed by atoms with E-state index in [-0.39, 0.29) is 0 Å². The average molecular weight is 372 g/mol. The molecule has 4 fully saturated rings. The fourth-order valence-corrected chi connectivity index (χ4v) is 4.48. The molecule has 0 saturated carbocycles. The van der Waals surface area contributed by atoms with Crippen LogP contribution in [0.4, 0.5) is 0 Å². The topological polar surface area (TPSA) is 59.0 Å². The molecule has 0 amide bonds. The van der Waals surface area contributed by atoms with Crippen LogP contribution in [0.25, 0.3) is 0 Å². The Morgan fingerprint density at radius 3 is 2.59 bits per heavy atom. The number of rotatable bonds is 5. The van der Waals surface area contributed by atoms with Crippen LogP contribution in [0.1, 0.15) is 18.5 Å². The maximum Gasteiger partial charge on any atom is 0.191 e. The minimum Gasteiger partial charge on any atom is -0.355 e. The van der Waals surface area contributed by atoms with Crippen molar-refractivity contribution in [1.82, 2.24) is 30.3 Å². The molecule has 4 aliphatic rings. The number of piperidine rings is 1. The third-order valence-corrected chi connectivity index (χ3v) is 6.16. The first-order valence-electron chi connectivity index (χ1n) is 10.4. The molecule has 7 heteroatoms. The number of guanidine groups is 1. The Morgan fingerprint density at radius 2 is 1.96 bits per heavy atom. The Morgan fingerprint density at radius 1 is 1.15 bits per heavy atom. The standard InChI is InChI=1S/C20H33N7/c1-21-20(23-14-19-16-26-10-12-27(19)13-11-26)24-17-5-8-25(9-6-17)15-18-4-2-3-7-22-18/h2-4,7,17,19H,5-6,8-16H2,1H3,(H2,21,23,24). The van der Waals surface area contributed by atoms with Crippen molar-refractivity contribution in [2.45, 2.75) is 31.5 Å². The van der Waals surface area contributed by atoms with Gasteiger partial charge in [-0.05, 0) is 25.0 Å². The van der Waals surface area contributed by atoms with E-state index in [9.17, 15) is 0 Å². The summed E-state index contributed by atoms with van der Waals surface area (Å²) in [7, 11) is 1.88. The van der Waals surface area contributed by atoms with Crippen molar-refractivity contribution < 1.29 is 0 Å². The van der Waals surface area contributed by atoms with Gasteiger partial charge in [0.1, 0.15) is 0 Å². The van der Waals surface area contributed by atoms with Gasteiger partial charge in [0.2, 0.25) is 0 Å². The summed E-state index contributed by atoms with van der Waals surface area (Å²) >= 11 is 0. The Bertz CT molecular complexity index is 604. The third-order valence-electron chi connectivity index (χ3n) is 6.16. The van der Waals surface area contributed by atoms with E-state index in [0.717, 1.165) is 50.7 Å². The molecule has 4 aliphatic heterocycles. The van der Waals surface area contributed by atoms with E-state index in [4.69, 9.17) is 0 Å². The molecule has 0 spiro atoms. The Kier molecular flexibility index (Phi) is 6.21. The van der Waals surface area contributed by atoms with Crippen LogP contribution < -0.4 is 10.6 Å². The summed E-state index contributed by atoms with van der Waals surface area (Å²) in [6, 6.07) is 7.28. The number of pyridine rings is 1. The zero-order valence-electron chi connectivity index (χ0n) is 16.5. The molecule has 2 bridgehead atoms. The lowest BCUT2D eigenvalue weighted by Crippen LogP contribution is -2.64. The van der Waals surface area contributed by atoms with Crippen LogP contribution in [0.3, 0.4) is 0 Å². The minimum atomic E-state index is 0.503. The lowest BCUT2D eigenvalue weighted by Gasteiger charge is -2.47. The quantitative estimate of drug-likeness (QED) is 0.570. The first kappa shape index (κ1) is 18.7. The smallest absolute Gasteiger partial charge is 0.191 e. The van der Waals surface area contributed by atoms with Gasteiger partial charge >= 0.3 is 0 Å². The molecule has 0 radical (unpaired) electrons. The minimum absolute atomic E-state index is 0.503. The van der Waals surface area contributed by atoms with Crippen molar-refractivity contribution in [3.8, 4) is 0 Å². The normalized spacial score (nSPS) is 29.7. The molecule has 5 rings (SSSR count). The highest BCUT2D eigenvalue weighted by Crippen LogP contribution is 2.15. The highest BCUT2D eigenvalue weighted by molar-refractivity contribution is 5.80. The summed E-state index contributed by atoms with van der Waals surface area (Å²) in [4.78, 5) is 16.6. The van der Waals surface area contributed by atoms with Gasteiger partial charge in [0, 0.05) is 84.2 Å². The summed E-state index contributed by atoms with van der Waals surface area (Å²) in [6.07, 6.45) is 4.18. The fraction of sp³-hybridized carbons (Fsp3) is 0.700. The molecule has 1 aromatic heterocycles. The number of aliphatic imine (C=N–C) groups is 1. The highest BCUT2D eigenvalue weighted by atomic mass is 15.4. The maximum atomic E-state index is 4.45. The Labute approximate surface area is 162 Å². The number of nitrogens with zero attached hydrogens (tertiary/aromatic N) is 5. The fourth-order valence-electron chi connectivity index (χ4n) is 4.48. The van der Waals surface area contributed by atoms with Gasteiger partial charge in [-0.25, -0.2) is 0 Å². The molecular weight excluding hydrogens is 338 g/mol. The summed E-state index contributed by atoms with van der Waals surface area (Å²) in [5.41, 5.74) is 1.16. The third kappa shape index (κ3) is 4.97. The highest BCUT2D eigenvalue weighted by Gasteiger charge is 2.31. The predicted molar refractivity (Wildman–Crippen MR) is 109 cm³/mol. The number of nitrogens with one attached hydrogen (secondary N) is 2. The molecule has 1 aromatic rings. The second-order valence-electron chi connectivity index (χ2n) is 7.96. The van der Waals surface area contributed by atoms with Gasteiger partial charge in [-0.3, -0.25) is 24.7 Å². The van der Waals surface area contributed by atoms with Gasteiger partial charge in [0.15, 0.2) is 5.96 Å². The van der Waals surface area contributed by atoms with Crippen LogP contribution in [0.15, 0.2) is 29.4 Å². The van der Waals surface area contributed by atoms with Crippen molar-refractivity contribution >= 4 is 5.96 Å². The van der Waals surface area contributed by atoms with E-state index in [0.29, 0.717) is 12.1 Å². The first-order valence-corrected chi connectivity index (χ1v) is 10.4. The molecular formula is C20H33N7. The Hall–Kier alpha value is -1.70. The van der Waals surface area contributed by atoms with Gasteiger partial charge in [0.25, 0.3) is 0 Å². The largest absolute Gasteiger partial charge is 0.355 e. The van der Waals surface area contributed by atoms with E-state index < -0.39 is 0 Å². The van der Waals surface area contributed by atoms with Crippen LogP contribution in [0.5, 0.6) is 0 Å². The van der Waals surface area contributed by atoms with Crippen molar-refractivity contribution in [3.63, 3.8) is 0 Å². The van der Waals surface area contributed by atoms with Gasteiger partial charge in [-0.15, -0.1) is 0 Å². The number of aromatic nitrogens is 1. The zero-order valence-corrected chi connectivity index (χ0v) is 16.5. The molecule has 0 aliphatic carbocycles. The van der Waals surface area contributed by atoms with E-state index in [1.807, 2.05) is 19.3 Å². The number of piperazine rings is 3. The molecule has 1 unspecified atom stereocenters. The number of hydrogen-bond donors (Lipinski definition) is 2. The van der Waals surface area contributed by atoms with Crippen LogP contribution in [0.2, 0.25) is 0 Å². The summed E-state index contributed by atoms with van der Waals surface area (Å²) in [5, 5.41) is 7.21. The number of fused-ring (bicyclic) bond motifs is 3. The van der Waals surface area contributed by atoms with Gasteiger partial charge < -0.3 is 10.6 Å². The molecule has 7 nitrogen and oxygen atoms in total. The summed E-state index contributed by atoms with van der Waals surface area (Å²) in [5.74, 6) is 0.954. The van der Waals surface area contributed by atoms with E-state index in [2.05, 4.69) is 47.4 Å². The van der Waals surface area contributed by atoms with Crippen molar-refractivity contribution in [3.05, 3.63) is 30.1 Å². The van der Waals surface area contributed by atoms with Crippen LogP contribution in [-0.2, 0) is 6.54 Å². The molecule has 1 atom stereocenters. The van der Waals surface area contributed by atoms with Crippen molar-refractivity contribution in [2.75, 3.05) is 59.4 Å². The molecule has 148 valence electrons. The van der Waals surface area contributed by atoms with Gasteiger partial charge in [-0.2, -0.15) is 0 Å². The van der Waals surface area contributed by atoms with Crippen LogP contribution in [-0.4, -0.2) is 97.1 Å². The molecule has 0 aromatic carbocycles. The van der Waals surface area contributed by atoms with E-state index in [1.54, 1.807) is 0 Å². The summed E-state index contributed by atoms with van der Waals surface area (Å²) < 4.78 is 0. The lowest BCUT2D eigenvalue weighted by atomic mass is 10.0. The molecule has 5 heterocycles. The lowest BCUT2D eigenvalue weighted by molar-refractivity contribution is 0.0154. The van der Waals surface area contributed by atoms with E-state index in [1.165, 1.54) is 32.7 Å². The van der Waals surface area contributed by atoms with Crippen molar-refractivity contribution in [2.24, 2.45) is 4.99 Å². The second kappa shape index (κ2) is 8.99. The zero-order chi connectivity index (χ0) is 18.5. The van der Waals surface area contributed by atoms with E-state index >= 15 is 0 Å². The van der Waals surface area contributed by atoms with Crippen LogP contribution >= 0.6 is 0 Å². The molecule has 2 N–H and O–H groups in total. The monoisotopic (exact) mass is 371 g/mol. The summed E-state index contributed by atoms with van der Waals surface area (Å²) in [6.45, 7) is 10.2. The second-order valence-corrected chi connectivity index (χ2v) is 7.96. The Balaban J connectivity index is 1.18. The predicted octanol–water partition coefficient (Wildman–Crippen LogP) is 0.211. The van der Waals surface area contributed by atoms with Gasteiger partial charge in [0.05, 0.1) is 5.69 Å². The molecule has 4 saturated heterocycles. The first-order chi connectivity index (χ1) is 13.3. The SMILES string of the molecule is CN=C(NCC1CN2CCN1CC2)NC1CCN(Cc2ccccn2)CC1. The number of hydrogen-bond acceptors (Lipinski definition) is 5. The average Bonchev–Trinajstić information content (AvgIpc) is 2.74. The maximum absolute atomic E-state index is 4.45. The van der Waals surface area contributed by atoms with Gasteiger partial charge in [-0.1, -0.05) is 6.07 Å². The van der Waals surface area contributed by atoms with Crippen LogP contribution in [0, 0.1) is 0 Å². The molecule has 27 heavy (non-hydrogen) atoms. The van der Waals surface area contributed by atoms with Crippen molar-refractivity contribution in [1.29, 1.82) is 0 Å². The number of likely N-dealkylation sites (tertiary alicyclic amines) is 1.